The average molecular weight is 328 g/mol. The highest BCUT2D eigenvalue weighted by molar-refractivity contribution is 8.01. The molecule has 0 fully saturated rings. The molecule has 1 rings (SSSR count). The van der Waals surface area contributed by atoms with Crippen molar-refractivity contribution in [3.05, 3.63) is 21.7 Å². The molecule has 0 saturated heterocycles. The molecule has 0 bridgehead atoms. The van der Waals surface area contributed by atoms with E-state index < -0.39 is 22.4 Å². The van der Waals surface area contributed by atoms with Gasteiger partial charge in [-0.1, -0.05) is 11.8 Å². The lowest BCUT2D eigenvalue weighted by Crippen LogP contribution is -2.31. The number of aromatic nitrogens is 2. The second kappa shape index (κ2) is 7.44. The Morgan fingerprint density at radius 3 is 2.36 bits per heavy atom. The van der Waals surface area contributed by atoms with Crippen molar-refractivity contribution in [3.63, 3.8) is 0 Å². The van der Waals surface area contributed by atoms with Crippen LogP contribution in [-0.4, -0.2) is 39.9 Å². The predicted molar refractivity (Wildman–Crippen MR) is 82.1 cm³/mol. The number of aryl methyl sites for hydroxylation is 1. The van der Waals surface area contributed by atoms with E-state index >= 15 is 0 Å². The van der Waals surface area contributed by atoms with Crippen LogP contribution in [0.1, 0.15) is 43.7 Å². The number of hydrogen-bond donors (Lipinski definition) is 1. The number of nitrogens with zero attached hydrogens (tertiary/aromatic N) is 1. The molecule has 1 aromatic rings. The molecule has 7 nitrogen and oxygen atoms in total. The van der Waals surface area contributed by atoms with Crippen molar-refractivity contribution in [2.24, 2.45) is 0 Å². The average Bonchev–Trinajstić information content (AvgIpc) is 2.37. The summed E-state index contributed by atoms with van der Waals surface area (Å²) in [5.74, 6) is -1.04. The summed E-state index contributed by atoms with van der Waals surface area (Å²) in [5, 5.41) is 0.151. The monoisotopic (exact) mass is 328 g/mol. The number of aromatic amines is 1. The van der Waals surface area contributed by atoms with Crippen molar-refractivity contribution >= 4 is 23.7 Å². The van der Waals surface area contributed by atoms with E-state index in [0.717, 1.165) is 11.8 Å². The molecule has 8 heteroatoms. The largest absolute Gasteiger partial charge is 0.465 e. The SMILES string of the molecule is CCOC(=O)c1c(SC(C)(C)C(=O)OCC)nc(=O)[nH]c1C. The predicted octanol–water partition coefficient (Wildman–Crippen LogP) is 1.69. The molecule has 1 heterocycles. The third-order valence-corrected chi connectivity index (χ3v) is 3.85. The molecule has 0 unspecified atom stereocenters. The smallest absolute Gasteiger partial charge is 0.346 e. The van der Waals surface area contributed by atoms with Gasteiger partial charge in [-0.25, -0.2) is 9.59 Å². The summed E-state index contributed by atoms with van der Waals surface area (Å²) in [6.07, 6.45) is 0. The van der Waals surface area contributed by atoms with E-state index in [9.17, 15) is 14.4 Å². The highest BCUT2D eigenvalue weighted by Gasteiger charge is 2.34. The summed E-state index contributed by atoms with van der Waals surface area (Å²) in [4.78, 5) is 41.9. The molecule has 0 aliphatic heterocycles. The van der Waals surface area contributed by atoms with Crippen LogP contribution < -0.4 is 5.69 Å². The molecule has 0 aliphatic carbocycles. The van der Waals surface area contributed by atoms with Crippen LogP contribution in [0.3, 0.4) is 0 Å². The number of ether oxygens (including phenoxy) is 2. The van der Waals surface area contributed by atoms with Crippen LogP contribution in [0.15, 0.2) is 9.82 Å². The van der Waals surface area contributed by atoms with Crippen LogP contribution in [0.2, 0.25) is 0 Å². The fourth-order valence-electron chi connectivity index (χ4n) is 1.67. The number of rotatable bonds is 6. The van der Waals surface area contributed by atoms with Gasteiger partial charge < -0.3 is 14.5 Å². The fraction of sp³-hybridized carbons (Fsp3) is 0.571. The number of H-pyrrole nitrogens is 1. The normalized spacial score (nSPS) is 11.1. The number of thioether (sulfide) groups is 1. The van der Waals surface area contributed by atoms with Crippen LogP contribution in [0.25, 0.3) is 0 Å². The van der Waals surface area contributed by atoms with Crippen molar-refractivity contribution in [2.45, 2.75) is 44.4 Å². The molecule has 22 heavy (non-hydrogen) atoms. The summed E-state index contributed by atoms with van der Waals surface area (Å²) in [6.45, 7) is 8.69. The minimum atomic E-state index is -0.996. The van der Waals surface area contributed by atoms with Crippen molar-refractivity contribution < 1.29 is 19.1 Å². The highest BCUT2D eigenvalue weighted by Crippen LogP contribution is 2.34. The quantitative estimate of drug-likeness (QED) is 0.482. The van der Waals surface area contributed by atoms with E-state index in [2.05, 4.69) is 9.97 Å². The maximum atomic E-state index is 12.1. The molecule has 0 radical (unpaired) electrons. The van der Waals surface area contributed by atoms with Gasteiger partial charge >= 0.3 is 17.6 Å². The van der Waals surface area contributed by atoms with Gasteiger partial charge in [0.15, 0.2) is 0 Å². The van der Waals surface area contributed by atoms with Gasteiger partial charge in [0.25, 0.3) is 0 Å². The van der Waals surface area contributed by atoms with Gasteiger partial charge in [-0.15, -0.1) is 0 Å². The Bertz CT molecular complexity index is 624. The zero-order chi connectivity index (χ0) is 16.9. The molecule has 0 aromatic carbocycles. The Balaban J connectivity index is 3.26. The molecular formula is C14H20N2O5S. The summed E-state index contributed by atoms with van der Waals surface area (Å²) in [7, 11) is 0. The minimum Gasteiger partial charge on any atom is -0.465 e. The number of esters is 2. The molecule has 0 saturated carbocycles. The second-order valence-electron chi connectivity index (χ2n) is 4.90. The summed E-state index contributed by atoms with van der Waals surface area (Å²) < 4.78 is 8.98. The van der Waals surface area contributed by atoms with Gasteiger partial charge in [0.05, 0.1) is 13.2 Å². The molecule has 122 valence electrons. The van der Waals surface area contributed by atoms with Gasteiger partial charge in [-0.05, 0) is 34.6 Å². The van der Waals surface area contributed by atoms with E-state index in [-0.39, 0.29) is 23.8 Å². The first-order valence-corrected chi connectivity index (χ1v) is 7.68. The number of carbonyl (C=O) groups excluding carboxylic acids is 2. The zero-order valence-electron chi connectivity index (χ0n) is 13.3. The first-order chi connectivity index (χ1) is 10.2. The third kappa shape index (κ3) is 4.33. The lowest BCUT2D eigenvalue weighted by atomic mass is 10.2. The molecule has 0 aliphatic rings. The molecule has 0 spiro atoms. The van der Waals surface area contributed by atoms with Gasteiger partial charge in [0.1, 0.15) is 15.3 Å². The van der Waals surface area contributed by atoms with Gasteiger partial charge in [-0.3, -0.25) is 4.79 Å². The van der Waals surface area contributed by atoms with Gasteiger partial charge in [-0.2, -0.15) is 4.98 Å². The van der Waals surface area contributed by atoms with Gasteiger partial charge in [0, 0.05) is 5.69 Å². The maximum absolute atomic E-state index is 12.1. The lowest BCUT2D eigenvalue weighted by molar-refractivity contribution is -0.145. The number of hydrogen-bond acceptors (Lipinski definition) is 7. The van der Waals surface area contributed by atoms with Crippen molar-refractivity contribution in [1.29, 1.82) is 0 Å². The maximum Gasteiger partial charge on any atom is 0.346 e. The van der Waals surface area contributed by atoms with Gasteiger partial charge in [0.2, 0.25) is 0 Å². The Kier molecular flexibility index (Phi) is 6.16. The third-order valence-electron chi connectivity index (χ3n) is 2.68. The van der Waals surface area contributed by atoms with E-state index in [1.807, 2.05) is 0 Å². The van der Waals surface area contributed by atoms with Crippen LogP contribution >= 0.6 is 11.8 Å². The van der Waals surface area contributed by atoms with Crippen LogP contribution in [-0.2, 0) is 14.3 Å². The lowest BCUT2D eigenvalue weighted by Gasteiger charge is -2.22. The molecule has 0 amide bonds. The summed E-state index contributed by atoms with van der Waals surface area (Å²) in [6, 6.07) is 0. The van der Waals surface area contributed by atoms with Crippen molar-refractivity contribution in [2.75, 3.05) is 13.2 Å². The number of carbonyl (C=O) groups is 2. The van der Waals surface area contributed by atoms with Crippen molar-refractivity contribution in [3.8, 4) is 0 Å². The zero-order valence-corrected chi connectivity index (χ0v) is 14.1. The topological polar surface area (TPSA) is 98.3 Å². The van der Waals surface area contributed by atoms with Crippen LogP contribution in [0.5, 0.6) is 0 Å². The Hall–Kier alpha value is -1.83. The molecular weight excluding hydrogens is 308 g/mol. The first-order valence-electron chi connectivity index (χ1n) is 6.87. The summed E-state index contributed by atoms with van der Waals surface area (Å²) in [5.41, 5.74) is -0.0860. The van der Waals surface area contributed by atoms with E-state index in [0.29, 0.717) is 5.69 Å². The van der Waals surface area contributed by atoms with E-state index in [4.69, 9.17) is 9.47 Å². The standard InChI is InChI=1S/C14H20N2O5S/c1-6-20-11(17)9-8(3)15-13(19)16-10(9)22-14(4,5)12(18)21-7-2/h6-7H2,1-5H3,(H,15,16,19). The fourth-order valence-corrected chi connectivity index (χ4v) is 2.76. The van der Waals surface area contributed by atoms with Crippen LogP contribution in [0, 0.1) is 6.92 Å². The minimum absolute atomic E-state index is 0.151. The van der Waals surface area contributed by atoms with Crippen molar-refractivity contribution in [1.82, 2.24) is 9.97 Å². The Morgan fingerprint density at radius 1 is 1.23 bits per heavy atom. The highest BCUT2D eigenvalue weighted by atomic mass is 32.2. The summed E-state index contributed by atoms with van der Waals surface area (Å²) >= 11 is 0.997. The van der Waals surface area contributed by atoms with Crippen LogP contribution in [0.4, 0.5) is 0 Å². The second-order valence-corrected chi connectivity index (χ2v) is 6.51. The first kappa shape index (κ1) is 18.2. The Morgan fingerprint density at radius 2 is 1.82 bits per heavy atom. The van der Waals surface area contributed by atoms with E-state index in [1.54, 1.807) is 34.6 Å². The molecule has 1 N–H and O–H groups in total. The Labute approximate surface area is 132 Å². The molecule has 0 atom stereocenters. The molecule has 1 aromatic heterocycles. The number of nitrogens with one attached hydrogen (secondary N) is 1. The van der Waals surface area contributed by atoms with E-state index in [1.165, 1.54) is 0 Å².